The summed E-state index contributed by atoms with van der Waals surface area (Å²) in [7, 11) is 0. The van der Waals surface area contributed by atoms with E-state index in [0.717, 1.165) is 36.1 Å². The Hall–Kier alpha value is -2.84. The number of aryl methyl sites for hydroxylation is 1. The maximum Gasteiger partial charge on any atom is 0.173 e. The largest absolute Gasteiger partial charge is 0.489 e. The van der Waals surface area contributed by atoms with Crippen molar-refractivity contribution in [3.8, 4) is 5.75 Å². The molecule has 7 nitrogen and oxygen atoms in total. The van der Waals surface area contributed by atoms with Crippen LogP contribution in [0.1, 0.15) is 12.1 Å². The molecule has 1 atom stereocenters. The van der Waals surface area contributed by atoms with Crippen LogP contribution in [0.15, 0.2) is 30.6 Å². The van der Waals surface area contributed by atoms with Gasteiger partial charge < -0.3 is 19.8 Å². The lowest BCUT2D eigenvalue weighted by Crippen LogP contribution is -2.19. The van der Waals surface area contributed by atoms with Gasteiger partial charge in [0.25, 0.3) is 0 Å². The molecule has 1 aromatic carbocycles. The van der Waals surface area contributed by atoms with Crippen molar-refractivity contribution in [1.29, 1.82) is 0 Å². The molecule has 0 unspecified atom stereocenters. The van der Waals surface area contributed by atoms with Crippen molar-refractivity contribution in [2.45, 2.75) is 19.4 Å². The number of rotatable bonds is 4. The first-order valence-electron chi connectivity index (χ1n) is 9.04. The minimum atomic E-state index is -0.412. The summed E-state index contributed by atoms with van der Waals surface area (Å²) < 4.78 is 22.0. The molecule has 0 saturated carbocycles. The van der Waals surface area contributed by atoms with Crippen LogP contribution in [0.2, 0.25) is 5.02 Å². The zero-order chi connectivity index (χ0) is 19.3. The van der Waals surface area contributed by atoms with Gasteiger partial charge >= 0.3 is 0 Å². The smallest absolute Gasteiger partial charge is 0.173 e. The van der Waals surface area contributed by atoms with Crippen LogP contribution in [0.25, 0.3) is 16.6 Å². The molecule has 0 spiro atoms. The molecular weight excluding hydrogens is 383 g/mol. The fraction of sp³-hybridized carbons (Fsp3) is 0.263. The van der Waals surface area contributed by atoms with Crippen molar-refractivity contribution in [3.63, 3.8) is 0 Å². The van der Waals surface area contributed by atoms with Gasteiger partial charge in [0.15, 0.2) is 17.3 Å². The monoisotopic (exact) mass is 400 g/mol. The van der Waals surface area contributed by atoms with Crippen molar-refractivity contribution in [3.05, 3.63) is 47.1 Å². The molecular formula is C19H18ClFN6O. The number of anilines is 2. The summed E-state index contributed by atoms with van der Waals surface area (Å²) in [4.78, 5) is 4.17. The van der Waals surface area contributed by atoms with Gasteiger partial charge in [0.05, 0.1) is 27.3 Å². The Balaban J connectivity index is 1.47. The van der Waals surface area contributed by atoms with Gasteiger partial charge in [0.2, 0.25) is 0 Å². The average molecular weight is 401 g/mol. The molecule has 4 aromatic rings. The molecule has 28 heavy (non-hydrogen) atoms. The maximum atomic E-state index is 14.3. The predicted octanol–water partition coefficient (Wildman–Crippen LogP) is 3.80. The summed E-state index contributed by atoms with van der Waals surface area (Å²) in [6.07, 6.45) is 4.63. The fourth-order valence-electron chi connectivity index (χ4n) is 3.55. The highest BCUT2D eigenvalue weighted by Crippen LogP contribution is 2.35. The number of fused-ring (bicyclic) bond motifs is 2. The molecule has 0 bridgehead atoms. The summed E-state index contributed by atoms with van der Waals surface area (Å²) >= 11 is 6.51. The highest BCUT2D eigenvalue weighted by atomic mass is 35.5. The standard InChI is InChI=1S/C19H18ClFN6O/c1-10-8-27-9-11(4-15(21)19(27)23-10)24-18-17-14(20)5-13(6-16(17)25-26-18)28-12-2-3-22-7-12/h4-6,8-9,12,22H,2-3,7H2,1H3,(H2,24,25,26)/t12-/m1/s1. The molecule has 3 aromatic heterocycles. The fourth-order valence-corrected chi connectivity index (χ4v) is 3.85. The highest BCUT2D eigenvalue weighted by molar-refractivity contribution is 6.36. The average Bonchev–Trinajstić information content (AvgIpc) is 3.36. The molecule has 1 fully saturated rings. The minimum Gasteiger partial charge on any atom is -0.489 e. The van der Waals surface area contributed by atoms with Gasteiger partial charge in [-0.25, -0.2) is 9.37 Å². The Kier molecular flexibility index (Phi) is 4.10. The van der Waals surface area contributed by atoms with E-state index in [1.807, 2.05) is 13.0 Å². The number of aromatic nitrogens is 4. The number of ether oxygens (including phenoxy) is 1. The van der Waals surface area contributed by atoms with Crippen LogP contribution in [-0.4, -0.2) is 38.8 Å². The number of imidazole rings is 1. The Morgan fingerprint density at radius 1 is 1.32 bits per heavy atom. The number of nitrogens with zero attached hydrogens (tertiary/aromatic N) is 3. The molecule has 9 heteroatoms. The molecule has 1 aliphatic rings. The highest BCUT2D eigenvalue weighted by Gasteiger charge is 2.18. The number of pyridine rings is 1. The van der Waals surface area contributed by atoms with Gasteiger partial charge in [0.1, 0.15) is 11.9 Å². The van der Waals surface area contributed by atoms with Crippen LogP contribution in [0, 0.1) is 12.7 Å². The number of hydrogen-bond acceptors (Lipinski definition) is 5. The summed E-state index contributed by atoms with van der Waals surface area (Å²) in [5.74, 6) is 0.803. The summed E-state index contributed by atoms with van der Waals surface area (Å²) in [6, 6.07) is 5.05. The third-order valence-corrected chi connectivity index (χ3v) is 5.09. The zero-order valence-electron chi connectivity index (χ0n) is 15.1. The Morgan fingerprint density at radius 2 is 2.21 bits per heavy atom. The molecule has 3 N–H and O–H groups in total. The maximum absolute atomic E-state index is 14.3. The zero-order valence-corrected chi connectivity index (χ0v) is 15.8. The molecule has 1 saturated heterocycles. The second kappa shape index (κ2) is 6.65. The van der Waals surface area contributed by atoms with E-state index in [1.54, 1.807) is 22.9 Å². The van der Waals surface area contributed by atoms with Gasteiger partial charge in [-0.3, -0.25) is 5.10 Å². The van der Waals surface area contributed by atoms with E-state index in [2.05, 4.69) is 25.8 Å². The van der Waals surface area contributed by atoms with Crippen LogP contribution in [0.5, 0.6) is 5.75 Å². The molecule has 1 aliphatic heterocycles. The number of nitrogens with one attached hydrogen (secondary N) is 3. The van der Waals surface area contributed by atoms with Gasteiger partial charge in [-0.05, 0) is 26.0 Å². The SMILES string of the molecule is Cc1cn2cc(Nc3n[nH]c4cc(O[C@@H]5CCNC5)cc(Cl)c34)cc(F)c2n1. The normalized spacial score (nSPS) is 16.9. The molecule has 0 radical (unpaired) electrons. The molecule has 5 rings (SSSR count). The first-order chi connectivity index (χ1) is 13.6. The lowest BCUT2D eigenvalue weighted by Gasteiger charge is -2.13. The van der Waals surface area contributed by atoms with Crippen molar-refractivity contribution < 1.29 is 9.13 Å². The summed E-state index contributed by atoms with van der Waals surface area (Å²) in [5.41, 5.74) is 2.32. The van der Waals surface area contributed by atoms with Crippen molar-refractivity contribution in [2.24, 2.45) is 0 Å². The van der Waals surface area contributed by atoms with Gasteiger partial charge in [-0.2, -0.15) is 5.10 Å². The second-order valence-corrected chi connectivity index (χ2v) is 7.35. The van der Waals surface area contributed by atoms with E-state index < -0.39 is 5.82 Å². The molecule has 0 aliphatic carbocycles. The Morgan fingerprint density at radius 3 is 3.04 bits per heavy atom. The van der Waals surface area contributed by atoms with Crippen LogP contribution < -0.4 is 15.4 Å². The molecule has 0 amide bonds. The van der Waals surface area contributed by atoms with Crippen LogP contribution in [-0.2, 0) is 0 Å². The third-order valence-electron chi connectivity index (χ3n) is 4.80. The van der Waals surface area contributed by atoms with E-state index in [4.69, 9.17) is 16.3 Å². The van der Waals surface area contributed by atoms with Gasteiger partial charge in [-0.15, -0.1) is 0 Å². The topological polar surface area (TPSA) is 79.3 Å². The number of hydrogen-bond donors (Lipinski definition) is 3. The Bertz CT molecular complexity index is 1180. The van der Waals surface area contributed by atoms with E-state index in [1.165, 1.54) is 6.07 Å². The van der Waals surface area contributed by atoms with E-state index in [0.29, 0.717) is 22.3 Å². The Labute approximate surface area is 164 Å². The third kappa shape index (κ3) is 3.04. The van der Waals surface area contributed by atoms with Crippen LogP contribution in [0.4, 0.5) is 15.9 Å². The first kappa shape index (κ1) is 17.3. The summed E-state index contributed by atoms with van der Waals surface area (Å²) in [6.45, 7) is 3.60. The molecule has 4 heterocycles. The summed E-state index contributed by atoms with van der Waals surface area (Å²) in [5, 5.41) is 14.9. The van der Waals surface area contributed by atoms with E-state index in [9.17, 15) is 4.39 Å². The van der Waals surface area contributed by atoms with E-state index in [-0.39, 0.29) is 11.8 Å². The van der Waals surface area contributed by atoms with Crippen molar-refractivity contribution >= 4 is 39.7 Å². The molecule has 144 valence electrons. The van der Waals surface area contributed by atoms with E-state index >= 15 is 0 Å². The number of benzene rings is 1. The quantitative estimate of drug-likeness (QED) is 0.485. The minimum absolute atomic E-state index is 0.141. The van der Waals surface area contributed by atoms with Crippen LogP contribution >= 0.6 is 11.6 Å². The second-order valence-electron chi connectivity index (χ2n) is 6.95. The number of H-pyrrole nitrogens is 1. The number of aromatic amines is 1. The number of halogens is 2. The van der Waals surface area contributed by atoms with Gasteiger partial charge in [0, 0.05) is 31.1 Å². The van der Waals surface area contributed by atoms with Crippen molar-refractivity contribution in [2.75, 3.05) is 18.4 Å². The lowest BCUT2D eigenvalue weighted by atomic mass is 10.2. The predicted molar refractivity (Wildman–Crippen MR) is 106 cm³/mol. The first-order valence-corrected chi connectivity index (χ1v) is 9.41. The van der Waals surface area contributed by atoms with Crippen LogP contribution in [0.3, 0.4) is 0 Å². The lowest BCUT2D eigenvalue weighted by molar-refractivity contribution is 0.223. The van der Waals surface area contributed by atoms with Gasteiger partial charge in [-0.1, -0.05) is 11.6 Å². The van der Waals surface area contributed by atoms with Crippen molar-refractivity contribution in [1.82, 2.24) is 24.9 Å².